The van der Waals surface area contributed by atoms with Crippen molar-refractivity contribution in [3.05, 3.63) is 0 Å². The quantitative estimate of drug-likeness (QED) is 0.437. The fraction of sp³-hybridized carbons (Fsp3) is 0.947. The molecule has 0 aliphatic heterocycles. The summed E-state index contributed by atoms with van der Waals surface area (Å²) in [5.41, 5.74) is 0.534. The molecule has 3 unspecified atom stereocenters. The third-order valence-electron chi connectivity index (χ3n) is 6.72. The van der Waals surface area contributed by atoms with Crippen LogP contribution in [0.15, 0.2) is 0 Å². The van der Waals surface area contributed by atoms with E-state index in [2.05, 4.69) is 27.7 Å². The fourth-order valence-electron chi connectivity index (χ4n) is 4.58. The number of carbonyl (C=O) groups excluding carboxylic acids is 1. The van der Waals surface area contributed by atoms with Gasteiger partial charge in [-0.05, 0) is 37.0 Å². The molecule has 2 aliphatic rings. The molecular weight excluding hydrogens is 260 g/mol. The highest BCUT2D eigenvalue weighted by Gasteiger charge is 2.62. The second-order valence-corrected chi connectivity index (χ2v) is 8.11. The summed E-state index contributed by atoms with van der Waals surface area (Å²) >= 11 is 0. The van der Waals surface area contributed by atoms with Gasteiger partial charge in [0, 0.05) is 11.8 Å². The van der Waals surface area contributed by atoms with E-state index in [4.69, 9.17) is 4.74 Å². The van der Waals surface area contributed by atoms with Crippen molar-refractivity contribution in [3.8, 4) is 0 Å². The van der Waals surface area contributed by atoms with Crippen molar-refractivity contribution in [2.45, 2.75) is 98.0 Å². The summed E-state index contributed by atoms with van der Waals surface area (Å²) in [6.45, 7) is 9.30. The van der Waals surface area contributed by atoms with Crippen LogP contribution in [0.4, 0.5) is 0 Å². The molecule has 2 aliphatic carbocycles. The maximum Gasteiger partial charge on any atom is 0.306 e. The zero-order valence-electron chi connectivity index (χ0n) is 14.5. The van der Waals surface area contributed by atoms with Crippen LogP contribution in [0.2, 0.25) is 0 Å². The molecule has 0 N–H and O–H groups in total. The third kappa shape index (κ3) is 3.29. The number of rotatable bonds is 8. The molecule has 21 heavy (non-hydrogen) atoms. The first-order chi connectivity index (χ1) is 9.91. The van der Waals surface area contributed by atoms with Crippen LogP contribution in [0.1, 0.15) is 91.9 Å². The maximum atomic E-state index is 12.1. The van der Waals surface area contributed by atoms with E-state index >= 15 is 0 Å². The van der Waals surface area contributed by atoms with E-state index in [1.165, 1.54) is 44.9 Å². The predicted molar refractivity (Wildman–Crippen MR) is 87.1 cm³/mol. The van der Waals surface area contributed by atoms with Crippen LogP contribution in [0.5, 0.6) is 0 Å². The van der Waals surface area contributed by atoms with Gasteiger partial charge in [0.1, 0.15) is 6.10 Å². The van der Waals surface area contributed by atoms with E-state index in [1.54, 1.807) is 0 Å². The van der Waals surface area contributed by atoms with Crippen molar-refractivity contribution in [1.82, 2.24) is 0 Å². The Hall–Kier alpha value is -0.530. The first-order valence-electron chi connectivity index (χ1n) is 9.11. The summed E-state index contributed by atoms with van der Waals surface area (Å²) < 4.78 is 5.87. The second kappa shape index (κ2) is 6.71. The van der Waals surface area contributed by atoms with E-state index in [9.17, 15) is 4.79 Å². The van der Waals surface area contributed by atoms with Crippen molar-refractivity contribution in [3.63, 3.8) is 0 Å². The number of unbranched alkanes of at least 4 members (excludes halogenated alkanes) is 5. The number of fused-ring (bicyclic) bond motifs is 2. The molecule has 0 amide bonds. The highest BCUT2D eigenvalue weighted by Crippen LogP contribution is 2.66. The monoisotopic (exact) mass is 294 g/mol. The Balaban J connectivity index is 1.70. The van der Waals surface area contributed by atoms with Gasteiger partial charge in [-0.1, -0.05) is 59.8 Å². The minimum Gasteiger partial charge on any atom is -0.462 e. The molecule has 2 saturated carbocycles. The number of esters is 1. The van der Waals surface area contributed by atoms with Gasteiger partial charge in [0.2, 0.25) is 0 Å². The number of hydrogen-bond donors (Lipinski definition) is 0. The predicted octanol–water partition coefficient (Wildman–Crippen LogP) is 5.50. The smallest absolute Gasteiger partial charge is 0.306 e. The topological polar surface area (TPSA) is 26.3 Å². The summed E-state index contributed by atoms with van der Waals surface area (Å²) in [6, 6.07) is 0. The zero-order valence-corrected chi connectivity index (χ0v) is 14.5. The molecule has 0 heterocycles. The highest BCUT2D eigenvalue weighted by atomic mass is 16.5. The van der Waals surface area contributed by atoms with E-state index in [0.29, 0.717) is 11.8 Å². The molecule has 2 bridgehead atoms. The molecule has 2 heteroatoms. The lowest BCUT2D eigenvalue weighted by molar-refractivity contribution is -0.157. The van der Waals surface area contributed by atoms with Gasteiger partial charge in [0.05, 0.1) is 0 Å². The molecule has 0 aromatic carbocycles. The summed E-state index contributed by atoms with van der Waals surface area (Å²) in [5.74, 6) is 0.786. The Morgan fingerprint density at radius 2 is 1.76 bits per heavy atom. The molecular formula is C19H34O2. The average molecular weight is 294 g/mol. The first kappa shape index (κ1) is 16.8. The Morgan fingerprint density at radius 3 is 2.33 bits per heavy atom. The first-order valence-corrected chi connectivity index (χ1v) is 9.11. The Morgan fingerprint density at radius 1 is 1.10 bits per heavy atom. The van der Waals surface area contributed by atoms with Crippen LogP contribution >= 0.6 is 0 Å². The van der Waals surface area contributed by atoms with Crippen molar-refractivity contribution in [2.75, 3.05) is 0 Å². The SMILES string of the molecule is CCCCCCCCC(=O)OC1CC2CCC1(C)C2(C)C. The van der Waals surface area contributed by atoms with Gasteiger partial charge in [0.15, 0.2) is 0 Å². The zero-order chi connectivity index (χ0) is 15.5. The lowest BCUT2D eigenvalue weighted by Gasteiger charge is -2.38. The minimum atomic E-state index is 0.0417. The van der Waals surface area contributed by atoms with Gasteiger partial charge in [-0.15, -0.1) is 0 Å². The molecule has 0 saturated heterocycles. The largest absolute Gasteiger partial charge is 0.462 e. The molecule has 3 atom stereocenters. The van der Waals surface area contributed by atoms with Crippen LogP contribution in [-0.2, 0) is 9.53 Å². The van der Waals surface area contributed by atoms with Crippen molar-refractivity contribution in [1.29, 1.82) is 0 Å². The van der Waals surface area contributed by atoms with Crippen LogP contribution in [0.3, 0.4) is 0 Å². The van der Waals surface area contributed by atoms with E-state index in [-0.39, 0.29) is 17.5 Å². The number of carbonyl (C=O) groups is 1. The summed E-state index contributed by atoms with van der Waals surface area (Å²) in [5, 5.41) is 0. The lowest BCUT2D eigenvalue weighted by atomic mass is 9.70. The van der Waals surface area contributed by atoms with E-state index in [1.807, 2.05) is 0 Å². The highest BCUT2D eigenvalue weighted by molar-refractivity contribution is 5.69. The Bertz CT molecular complexity index is 361. The van der Waals surface area contributed by atoms with Crippen molar-refractivity contribution >= 4 is 5.97 Å². The van der Waals surface area contributed by atoms with Gasteiger partial charge in [-0.3, -0.25) is 4.79 Å². The summed E-state index contributed by atoms with van der Waals surface area (Å²) in [6.07, 6.45) is 11.7. The lowest BCUT2D eigenvalue weighted by Crippen LogP contribution is -2.38. The van der Waals surface area contributed by atoms with Gasteiger partial charge >= 0.3 is 5.97 Å². The van der Waals surface area contributed by atoms with Gasteiger partial charge < -0.3 is 4.74 Å². The average Bonchev–Trinajstić information content (AvgIpc) is 2.76. The number of hydrogen-bond acceptors (Lipinski definition) is 2. The van der Waals surface area contributed by atoms with Crippen LogP contribution in [0.25, 0.3) is 0 Å². The van der Waals surface area contributed by atoms with E-state index in [0.717, 1.165) is 18.8 Å². The molecule has 0 radical (unpaired) electrons. The fourth-order valence-corrected chi connectivity index (χ4v) is 4.58. The molecule has 0 spiro atoms. The van der Waals surface area contributed by atoms with Gasteiger partial charge in [-0.25, -0.2) is 0 Å². The Kier molecular flexibility index (Phi) is 5.38. The van der Waals surface area contributed by atoms with Crippen molar-refractivity contribution < 1.29 is 9.53 Å². The molecule has 2 rings (SSSR count). The summed E-state index contributed by atoms with van der Waals surface area (Å²) in [7, 11) is 0. The Labute approximate surface area is 131 Å². The normalized spacial score (nSPS) is 33.3. The standard InChI is InChI=1S/C19H34O2/c1-5-6-7-8-9-10-11-17(20)21-16-14-15-12-13-19(16,4)18(15,2)3/h15-16H,5-14H2,1-4H3. The third-order valence-corrected chi connectivity index (χ3v) is 6.72. The maximum absolute atomic E-state index is 12.1. The van der Waals surface area contributed by atoms with Crippen LogP contribution < -0.4 is 0 Å². The second-order valence-electron chi connectivity index (χ2n) is 8.11. The molecule has 2 fully saturated rings. The van der Waals surface area contributed by atoms with Gasteiger partial charge in [-0.2, -0.15) is 0 Å². The minimum absolute atomic E-state index is 0.0417. The molecule has 2 nitrogen and oxygen atoms in total. The number of ether oxygens (including phenoxy) is 1. The molecule has 122 valence electrons. The molecule has 0 aromatic rings. The van der Waals surface area contributed by atoms with Gasteiger partial charge in [0.25, 0.3) is 0 Å². The molecule has 0 aromatic heterocycles. The summed E-state index contributed by atoms with van der Waals surface area (Å²) in [4.78, 5) is 12.1. The van der Waals surface area contributed by atoms with Crippen molar-refractivity contribution in [2.24, 2.45) is 16.7 Å². The van der Waals surface area contributed by atoms with Crippen LogP contribution in [0, 0.1) is 16.7 Å². The van der Waals surface area contributed by atoms with Crippen LogP contribution in [-0.4, -0.2) is 12.1 Å². The van der Waals surface area contributed by atoms with E-state index < -0.39 is 0 Å².